The molecular weight excluding hydrogens is 300 g/mol. The van der Waals surface area contributed by atoms with E-state index in [-0.39, 0.29) is 5.04 Å². The lowest BCUT2D eigenvalue weighted by atomic mass is 9.88. The Morgan fingerprint density at radius 3 is 2.05 bits per heavy atom. The highest BCUT2D eigenvalue weighted by atomic mass is 28.4. The van der Waals surface area contributed by atoms with Crippen molar-refractivity contribution in [3.05, 3.63) is 0 Å². The Bertz CT molecular complexity index is 364. The average molecular weight is 341 g/mol. The molecule has 0 aliphatic heterocycles. The van der Waals surface area contributed by atoms with Gasteiger partial charge in [0, 0.05) is 6.42 Å². The third-order valence-electron chi connectivity index (χ3n) is 4.81. The molecule has 0 aromatic rings. The molecule has 0 spiro atoms. The number of hydrogen-bond acceptors (Lipinski definition) is 1. The van der Waals surface area contributed by atoms with Crippen LogP contribution in [0.1, 0.15) is 65.7 Å². The second-order valence-corrected chi connectivity index (χ2v) is 18.3. The molecule has 3 heteroatoms. The van der Waals surface area contributed by atoms with Crippen LogP contribution in [-0.4, -0.2) is 21.2 Å². The first-order valence-electron chi connectivity index (χ1n) is 9.11. The normalized spacial score (nSPS) is 14.4. The molecule has 0 aromatic heterocycles. The molecule has 0 aromatic carbocycles. The molecule has 0 heterocycles. The summed E-state index contributed by atoms with van der Waals surface area (Å²) in [7, 11) is -3.33. The van der Waals surface area contributed by atoms with Gasteiger partial charge in [-0.2, -0.15) is 0 Å². The van der Waals surface area contributed by atoms with Gasteiger partial charge in [-0.1, -0.05) is 66.1 Å². The van der Waals surface area contributed by atoms with Crippen LogP contribution in [0.15, 0.2) is 0 Å². The summed E-state index contributed by atoms with van der Waals surface area (Å²) in [5.41, 5.74) is 3.49. The van der Waals surface area contributed by atoms with Gasteiger partial charge in [0.15, 0.2) is 8.32 Å². The Hall–Kier alpha value is -0.0462. The molecule has 0 aliphatic carbocycles. The Morgan fingerprint density at radius 2 is 1.59 bits per heavy atom. The molecule has 22 heavy (non-hydrogen) atoms. The van der Waals surface area contributed by atoms with Gasteiger partial charge < -0.3 is 4.80 Å². The van der Waals surface area contributed by atoms with Gasteiger partial charge in [-0.05, 0) is 36.9 Å². The minimum atomic E-state index is -2.10. The summed E-state index contributed by atoms with van der Waals surface area (Å²) in [6.45, 7) is 17.9. The van der Waals surface area contributed by atoms with Gasteiger partial charge in [0.2, 0.25) is 0 Å². The van der Waals surface area contributed by atoms with Crippen molar-refractivity contribution < 1.29 is 4.80 Å². The monoisotopic (exact) mass is 340 g/mol. The van der Waals surface area contributed by atoms with Crippen molar-refractivity contribution in [2.75, 3.05) is 0 Å². The third kappa shape index (κ3) is 9.87. The van der Waals surface area contributed by atoms with Crippen LogP contribution < -0.4 is 0 Å². The number of rotatable bonds is 9. The Labute approximate surface area is 142 Å². The van der Waals surface area contributed by atoms with E-state index in [2.05, 4.69) is 65.0 Å². The summed E-state index contributed by atoms with van der Waals surface area (Å²) in [4.78, 5) is 10.6. The predicted molar refractivity (Wildman–Crippen MR) is 106 cm³/mol. The zero-order valence-corrected chi connectivity index (χ0v) is 18.5. The molecule has 1 unspecified atom stereocenters. The molecule has 0 amide bonds. The van der Waals surface area contributed by atoms with Crippen LogP contribution in [0.5, 0.6) is 0 Å². The molecule has 0 saturated heterocycles. The van der Waals surface area contributed by atoms with Gasteiger partial charge >= 0.3 is 0 Å². The topological polar surface area (TPSA) is 20.2 Å². The summed E-state index contributed by atoms with van der Waals surface area (Å²) >= 11 is 0. The van der Waals surface area contributed by atoms with E-state index in [1.165, 1.54) is 32.1 Å². The standard InChI is InChI=1S/C19H40OSi2/c1-9-10-11-14-18(15-12-13-16-21(4,5)6)17-19(2,3)22(7,8)20/h18,20H,9-12,14-15,17H2,1-8H3. The maximum atomic E-state index is 10.6. The van der Waals surface area contributed by atoms with Gasteiger partial charge in [-0.25, -0.2) is 0 Å². The molecule has 1 N–H and O–H groups in total. The molecule has 0 saturated carbocycles. The van der Waals surface area contributed by atoms with Crippen molar-refractivity contribution in [3.63, 3.8) is 0 Å². The Balaban J connectivity index is 4.65. The molecule has 0 rings (SSSR count). The maximum Gasteiger partial charge on any atom is 0.188 e. The smallest absolute Gasteiger partial charge is 0.188 e. The molecule has 1 atom stereocenters. The van der Waals surface area contributed by atoms with Gasteiger partial charge in [-0.15, -0.1) is 11.5 Å². The summed E-state index contributed by atoms with van der Waals surface area (Å²) in [6.07, 6.45) is 8.63. The molecule has 0 bridgehead atoms. The van der Waals surface area contributed by atoms with Crippen molar-refractivity contribution >= 4 is 16.4 Å². The fourth-order valence-corrected chi connectivity index (χ4v) is 4.05. The van der Waals surface area contributed by atoms with E-state index in [0.29, 0.717) is 0 Å². The number of hydrogen-bond donors (Lipinski definition) is 1. The minimum Gasteiger partial charge on any atom is -0.432 e. The van der Waals surface area contributed by atoms with Crippen molar-refractivity contribution in [2.24, 2.45) is 5.92 Å². The van der Waals surface area contributed by atoms with Crippen molar-refractivity contribution in [2.45, 2.75) is 103 Å². The van der Waals surface area contributed by atoms with Crippen LogP contribution in [0, 0.1) is 17.4 Å². The maximum absolute atomic E-state index is 10.6. The molecule has 0 fully saturated rings. The van der Waals surface area contributed by atoms with Crippen LogP contribution in [0.25, 0.3) is 0 Å². The molecule has 130 valence electrons. The van der Waals surface area contributed by atoms with Crippen molar-refractivity contribution in [3.8, 4) is 11.5 Å². The van der Waals surface area contributed by atoms with E-state index in [1.807, 2.05) is 0 Å². The van der Waals surface area contributed by atoms with E-state index >= 15 is 0 Å². The summed E-state index contributed by atoms with van der Waals surface area (Å²) < 4.78 is 0. The molecular formula is C19H40OSi2. The largest absolute Gasteiger partial charge is 0.432 e. The lowest BCUT2D eigenvalue weighted by molar-refractivity contribution is 0.336. The lowest BCUT2D eigenvalue weighted by Crippen LogP contribution is -2.40. The van der Waals surface area contributed by atoms with Crippen LogP contribution in [0.2, 0.25) is 37.8 Å². The van der Waals surface area contributed by atoms with E-state index in [9.17, 15) is 4.80 Å². The van der Waals surface area contributed by atoms with Crippen molar-refractivity contribution in [1.29, 1.82) is 0 Å². The highest BCUT2D eigenvalue weighted by molar-refractivity contribution is 6.83. The third-order valence-corrected chi connectivity index (χ3v) is 9.26. The van der Waals surface area contributed by atoms with Crippen LogP contribution in [0.4, 0.5) is 0 Å². The highest BCUT2D eigenvalue weighted by Gasteiger charge is 2.39. The molecule has 1 nitrogen and oxygen atoms in total. The van der Waals surface area contributed by atoms with Crippen molar-refractivity contribution in [1.82, 2.24) is 0 Å². The molecule has 0 aliphatic rings. The first-order valence-corrected chi connectivity index (χ1v) is 15.6. The first-order chi connectivity index (χ1) is 9.89. The van der Waals surface area contributed by atoms with E-state index in [0.717, 1.165) is 18.8 Å². The highest BCUT2D eigenvalue weighted by Crippen LogP contribution is 2.43. The van der Waals surface area contributed by atoms with Gasteiger partial charge in [0.1, 0.15) is 8.07 Å². The van der Waals surface area contributed by atoms with Crippen LogP contribution in [0.3, 0.4) is 0 Å². The zero-order valence-electron chi connectivity index (χ0n) is 16.5. The second kappa shape index (κ2) is 9.30. The second-order valence-electron chi connectivity index (χ2n) is 9.10. The quantitative estimate of drug-likeness (QED) is 0.300. The van der Waals surface area contributed by atoms with E-state index < -0.39 is 16.4 Å². The molecule has 0 radical (unpaired) electrons. The Kier molecular flexibility index (Phi) is 9.28. The van der Waals surface area contributed by atoms with Gasteiger partial charge in [0.25, 0.3) is 0 Å². The summed E-state index contributed by atoms with van der Waals surface area (Å²) in [5, 5.41) is 0.0933. The fourth-order valence-electron chi connectivity index (χ4n) is 2.61. The zero-order chi connectivity index (χ0) is 17.4. The summed E-state index contributed by atoms with van der Waals surface area (Å²) in [6, 6.07) is 0. The SMILES string of the molecule is CCCCCC(CCC#C[Si](C)(C)C)CC(C)(C)[Si](C)(C)O. The first kappa shape index (κ1) is 22.0. The predicted octanol–water partition coefficient (Wildman–Crippen LogP) is 6.21. The number of unbranched alkanes of at least 4 members (excludes halogenated alkanes) is 2. The average Bonchev–Trinajstić information content (AvgIpc) is 2.31. The summed E-state index contributed by atoms with van der Waals surface area (Å²) in [5.74, 6) is 4.15. The van der Waals surface area contributed by atoms with E-state index in [1.54, 1.807) is 0 Å². The van der Waals surface area contributed by atoms with E-state index in [4.69, 9.17) is 0 Å². The Morgan fingerprint density at radius 1 is 1.00 bits per heavy atom. The van der Waals surface area contributed by atoms with Crippen LogP contribution in [-0.2, 0) is 0 Å². The minimum absolute atomic E-state index is 0.0933. The van der Waals surface area contributed by atoms with Gasteiger partial charge in [0.05, 0.1) is 0 Å². The van der Waals surface area contributed by atoms with Crippen LogP contribution >= 0.6 is 0 Å². The fraction of sp³-hybridized carbons (Fsp3) is 0.895. The lowest BCUT2D eigenvalue weighted by Gasteiger charge is -2.38. The van der Waals surface area contributed by atoms with Gasteiger partial charge in [-0.3, -0.25) is 0 Å².